The van der Waals surface area contributed by atoms with Gasteiger partial charge in [0, 0.05) is 17.3 Å². The first-order valence-corrected chi connectivity index (χ1v) is 5.66. The smallest absolute Gasteiger partial charge is 0.141 e. The highest BCUT2D eigenvalue weighted by Crippen LogP contribution is 2.25. The molecule has 0 aliphatic heterocycles. The molecule has 3 nitrogen and oxygen atoms in total. The zero-order valence-electron chi connectivity index (χ0n) is 10.0. The molecule has 1 N–H and O–H groups in total. The summed E-state index contributed by atoms with van der Waals surface area (Å²) >= 11 is 0. The molecule has 1 aromatic heterocycles. The van der Waals surface area contributed by atoms with Gasteiger partial charge in [0.2, 0.25) is 0 Å². The number of nitrogens with zero attached hydrogens (tertiary/aromatic N) is 1. The van der Waals surface area contributed by atoms with E-state index in [4.69, 9.17) is 4.74 Å². The maximum atomic E-state index is 12.9. The summed E-state index contributed by atoms with van der Waals surface area (Å²) in [5, 5.41) is 9.59. The molecular formula is C14H14FNO2. The van der Waals surface area contributed by atoms with Crippen LogP contribution in [0, 0.1) is 5.82 Å². The summed E-state index contributed by atoms with van der Waals surface area (Å²) in [4.78, 5) is 3.75. The van der Waals surface area contributed by atoms with Gasteiger partial charge in [-0.3, -0.25) is 4.98 Å². The summed E-state index contributed by atoms with van der Waals surface area (Å²) in [6.45, 7) is 1.89. The Kier molecular flexibility index (Phi) is 3.89. The molecule has 0 bridgehead atoms. The van der Waals surface area contributed by atoms with Crippen molar-refractivity contribution in [2.75, 3.05) is 0 Å². The van der Waals surface area contributed by atoms with Crippen LogP contribution in [0.15, 0.2) is 42.7 Å². The second-order valence-electron chi connectivity index (χ2n) is 4.01. The van der Waals surface area contributed by atoms with Crippen molar-refractivity contribution in [3.63, 3.8) is 0 Å². The number of hydrogen-bond donors (Lipinski definition) is 1. The molecule has 0 radical (unpaired) electrons. The lowest BCUT2D eigenvalue weighted by Crippen LogP contribution is -2.01. The van der Waals surface area contributed by atoms with Crippen LogP contribution in [0.25, 0.3) is 0 Å². The number of rotatable bonds is 4. The van der Waals surface area contributed by atoms with Crippen LogP contribution >= 0.6 is 0 Å². The normalized spacial score (nSPS) is 12.2. The number of hydrogen-bond acceptors (Lipinski definition) is 3. The summed E-state index contributed by atoms with van der Waals surface area (Å²) in [5.74, 6) is 0.205. The second-order valence-corrected chi connectivity index (χ2v) is 4.01. The van der Waals surface area contributed by atoms with E-state index in [0.717, 1.165) is 6.20 Å². The van der Waals surface area contributed by atoms with Crippen LogP contribution in [0.5, 0.6) is 5.75 Å². The van der Waals surface area contributed by atoms with E-state index in [2.05, 4.69) is 4.98 Å². The fraction of sp³-hybridized carbons (Fsp3) is 0.214. The van der Waals surface area contributed by atoms with Crippen LogP contribution in [-0.4, -0.2) is 10.1 Å². The number of aliphatic hydroxyl groups is 1. The molecule has 1 heterocycles. The van der Waals surface area contributed by atoms with E-state index in [1.807, 2.05) is 12.1 Å². The standard InChI is InChI=1S/C14H14FNO2/c1-10(17)13-4-2-3-5-14(13)18-9-11-6-12(15)8-16-7-11/h2-8,10,17H,9H2,1H3. The summed E-state index contributed by atoms with van der Waals surface area (Å²) in [6.07, 6.45) is 2.09. The number of ether oxygens (including phenoxy) is 1. The van der Waals surface area contributed by atoms with Crippen molar-refractivity contribution in [1.29, 1.82) is 0 Å². The van der Waals surface area contributed by atoms with Crippen LogP contribution in [0.4, 0.5) is 4.39 Å². The predicted molar refractivity (Wildman–Crippen MR) is 65.6 cm³/mol. The zero-order chi connectivity index (χ0) is 13.0. The SMILES string of the molecule is CC(O)c1ccccc1OCc1cncc(F)c1. The zero-order valence-corrected chi connectivity index (χ0v) is 10.0. The summed E-state index contributed by atoms with van der Waals surface area (Å²) in [5.41, 5.74) is 1.36. The molecule has 0 amide bonds. The lowest BCUT2D eigenvalue weighted by Gasteiger charge is -2.13. The minimum Gasteiger partial charge on any atom is -0.488 e. The number of benzene rings is 1. The van der Waals surface area contributed by atoms with E-state index >= 15 is 0 Å². The van der Waals surface area contributed by atoms with Crippen LogP contribution in [0.1, 0.15) is 24.2 Å². The van der Waals surface area contributed by atoms with Crippen LogP contribution in [0.2, 0.25) is 0 Å². The Morgan fingerprint density at radius 3 is 2.83 bits per heavy atom. The van der Waals surface area contributed by atoms with Crippen molar-refractivity contribution in [2.45, 2.75) is 19.6 Å². The lowest BCUT2D eigenvalue weighted by molar-refractivity contribution is 0.190. The molecule has 1 unspecified atom stereocenters. The molecule has 0 aliphatic carbocycles. The fourth-order valence-electron chi connectivity index (χ4n) is 1.65. The van der Waals surface area contributed by atoms with Gasteiger partial charge in [0.15, 0.2) is 0 Å². The molecule has 4 heteroatoms. The number of aromatic nitrogens is 1. The summed E-state index contributed by atoms with van der Waals surface area (Å²) in [6, 6.07) is 8.60. The summed E-state index contributed by atoms with van der Waals surface area (Å²) in [7, 11) is 0. The molecule has 0 aliphatic rings. The Morgan fingerprint density at radius 2 is 2.11 bits per heavy atom. The highest BCUT2D eigenvalue weighted by Gasteiger charge is 2.08. The largest absolute Gasteiger partial charge is 0.488 e. The Balaban J connectivity index is 2.11. The van der Waals surface area contributed by atoms with Gasteiger partial charge in [0.25, 0.3) is 0 Å². The van der Waals surface area contributed by atoms with Crippen molar-refractivity contribution in [3.05, 3.63) is 59.7 Å². The third-order valence-corrected chi connectivity index (χ3v) is 2.52. The van der Waals surface area contributed by atoms with Crippen LogP contribution < -0.4 is 4.74 Å². The number of pyridine rings is 1. The first kappa shape index (κ1) is 12.5. The topological polar surface area (TPSA) is 42.4 Å². The van der Waals surface area contributed by atoms with Crippen molar-refractivity contribution in [1.82, 2.24) is 4.98 Å². The number of para-hydroxylation sites is 1. The molecule has 0 fully saturated rings. The third-order valence-electron chi connectivity index (χ3n) is 2.52. The third kappa shape index (κ3) is 3.05. The van der Waals surface area contributed by atoms with Crippen molar-refractivity contribution in [3.8, 4) is 5.75 Å². The molecule has 2 aromatic rings. The van der Waals surface area contributed by atoms with Crippen LogP contribution in [-0.2, 0) is 6.61 Å². The van der Waals surface area contributed by atoms with Gasteiger partial charge in [-0.2, -0.15) is 0 Å². The van der Waals surface area contributed by atoms with E-state index in [-0.39, 0.29) is 12.4 Å². The fourth-order valence-corrected chi connectivity index (χ4v) is 1.65. The van der Waals surface area contributed by atoms with Gasteiger partial charge in [-0.15, -0.1) is 0 Å². The highest BCUT2D eigenvalue weighted by molar-refractivity contribution is 5.34. The first-order valence-electron chi connectivity index (χ1n) is 5.66. The average Bonchev–Trinajstić information content (AvgIpc) is 2.37. The second kappa shape index (κ2) is 5.60. The monoisotopic (exact) mass is 247 g/mol. The predicted octanol–water partition coefficient (Wildman–Crippen LogP) is 2.85. The molecule has 1 atom stereocenters. The van der Waals surface area contributed by atoms with Crippen molar-refractivity contribution >= 4 is 0 Å². The Labute approximate surface area is 105 Å². The maximum Gasteiger partial charge on any atom is 0.141 e. The first-order chi connectivity index (χ1) is 8.66. The molecule has 1 aromatic carbocycles. The summed E-state index contributed by atoms with van der Waals surface area (Å²) < 4.78 is 18.5. The quantitative estimate of drug-likeness (QED) is 0.903. The van der Waals surface area contributed by atoms with Gasteiger partial charge in [-0.25, -0.2) is 4.39 Å². The molecule has 0 spiro atoms. The molecule has 0 saturated heterocycles. The van der Waals surface area contributed by atoms with E-state index in [1.54, 1.807) is 25.3 Å². The molecule has 18 heavy (non-hydrogen) atoms. The lowest BCUT2D eigenvalue weighted by atomic mass is 10.1. The Bertz CT molecular complexity index is 529. The van der Waals surface area contributed by atoms with Gasteiger partial charge >= 0.3 is 0 Å². The van der Waals surface area contributed by atoms with E-state index in [0.29, 0.717) is 16.9 Å². The van der Waals surface area contributed by atoms with Crippen molar-refractivity contribution in [2.24, 2.45) is 0 Å². The minimum atomic E-state index is -0.605. The average molecular weight is 247 g/mol. The highest BCUT2D eigenvalue weighted by atomic mass is 19.1. The van der Waals surface area contributed by atoms with Gasteiger partial charge in [-0.05, 0) is 19.1 Å². The van der Waals surface area contributed by atoms with E-state index in [9.17, 15) is 9.50 Å². The van der Waals surface area contributed by atoms with Gasteiger partial charge in [-0.1, -0.05) is 18.2 Å². The van der Waals surface area contributed by atoms with Gasteiger partial charge in [0.1, 0.15) is 18.2 Å². The number of aliphatic hydroxyl groups excluding tert-OH is 1. The van der Waals surface area contributed by atoms with Gasteiger partial charge < -0.3 is 9.84 Å². The molecule has 0 saturated carbocycles. The minimum absolute atomic E-state index is 0.217. The van der Waals surface area contributed by atoms with Gasteiger partial charge in [0.05, 0.1) is 12.3 Å². The van der Waals surface area contributed by atoms with Crippen LogP contribution in [0.3, 0.4) is 0 Å². The van der Waals surface area contributed by atoms with E-state index < -0.39 is 6.10 Å². The molecule has 2 rings (SSSR count). The Morgan fingerprint density at radius 1 is 1.33 bits per heavy atom. The van der Waals surface area contributed by atoms with E-state index in [1.165, 1.54) is 6.07 Å². The Hall–Kier alpha value is -1.94. The maximum absolute atomic E-state index is 12.9. The molecule has 94 valence electrons. The van der Waals surface area contributed by atoms with Crippen molar-refractivity contribution < 1.29 is 14.2 Å². The number of halogens is 1. The molecular weight excluding hydrogens is 233 g/mol.